The van der Waals surface area contributed by atoms with Crippen LogP contribution in [0.2, 0.25) is 0 Å². The van der Waals surface area contributed by atoms with E-state index in [-0.39, 0.29) is 5.97 Å². The summed E-state index contributed by atoms with van der Waals surface area (Å²) >= 11 is 0. The van der Waals surface area contributed by atoms with E-state index in [2.05, 4.69) is 6.58 Å². The van der Waals surface area contributed by atoms with Crippen LogP contribution in [0.25, 0.3) is 0 Å². The summed E-state index contributed by atoms with van der Waals surface area (Å²) in [5.41, 5.74) is 0. The van der Waals surface area contributed by atoms with E-state index in [1.54, 1.807) is 30.3 Å². The van der Waals surface area contributed by atoms with Crippen molar-refractivity contribution in [1.29, 1.82) is 0 Å². The van der Waals surface area contributed by atoms with E-state index in [1.807, 2.05) is 6.92 Å². The Hall–Kier alpha value is -1.77. The van der Waals surface area contributed by atoms with Crippen molar-refractivity contribution in [2.24, 2.45) is 0 Å². The lowest BCUT2D eigenvalue weighted by Crippen LogP contribution is -2.07. The molecule has 0 aliphatic carbocycles. The molecule has 0 radical (unpaired) electrons. The molecule has 0 fully saturated rings. The Balaban J connectivity index is 2.44. The molecule has 0 N–H and O–H groups in total. The average Bonchev–Trinajstić information content (AvgIpc) is 2.35. The van der Waals surface area contributed by atoms with Crippen LogP contribution < -0.4 is 9.47 Å². The number of hydrogen-bond acceptors (Lipinski definition) is 3. The summed E-state index contributed by atoms with van der Waals surface area (Å²) in [6.07, 6.45) is 3.99. The van der Waals surface area contributed by atoms with E-state index < -0.39 is 0 Å². The maximum Gasteiger partial charge on any atom is 0.311 e. The summed E-state index contributed by atoms with van der Waals surface area (Å²) in [6, 6.07) is 6.99. The zero-order valence-electron chi connectivity index (χ0n) is 10.1. The fourth-order valence-corrected chi connectivity index (χ4v) is 1.26. The highest BCUT2D eigenvalue weighted by Crippen LogP contribution is 2.18. The third kappa shape index (κ3) is 5.20. The number of rotatable bonds is 7. The summed E-state index contributed by atoms with van der Waals surface area (Å²) < 4.78 is 10.5. The largest absolute Gasteiger partial charge is 0.490 e. The molecule has 92 valence electrons. The lowest BCUT2D eigenvalue weighted by atomic mass is 10.2. The van der Waals surface area contributed by atoms with E-state index in [9.17, 15) is 4.79 Å². The standard InChI is InChI=1S/C14H18O3/c1-3-5-6-14(15)17-13-9-7-12(8-10-13)16-11-4-2/h4,7-10H,2-3,5-6,11H2,1H3. The zero-order chi connectivity index (χ0) is 12.5. The number of unbranched alkanes of at least 4 members (excludes halogenated alkanes) is 1. The Kier molecular flexibility index (Phi) is 5.86. The van der Waals surface area contributed by atoms with Gasteiger partial charge >= 0.3 is 5.97 Å². The number of esters is 1. The van der Waals surface area contributed by atoms with Crippen molar-refractivity contribution in [2.75, 3.05) is 6.61 Å². The van der Waals surface area contributed by atoms with Gasteiger partial charge in [-0.25, -0.2) is 0 Å². The third-order valence-corrected chi connectivity index (χ3v) is 2.16. The lowest BCUT2D eigenvalue weighted by molar-refractivity contribution is -0.134. The molecule has 3 heteroatoms. The van der Waals surface area contributed by atoms with Crippen molar-refractivity contribution in [3.63, 3.8) is 0 Å². The molecule has 0 saturated heterocycles. The normalized spacial score (nSPS) is 9.71. The van der Waals surface area contributed by atoms with Gasteiger partial charge in [0.15, 0.2) is 0 Å². The van der Waals surface area contributed by atoms with E-state index in [1.165, 1.54) is 0 Å². The van der Waals surface area contributed by atoms with Crippen LogP contribution in [-0.2, 0) is 4.79 Å². The van der Waals surface area contributed by atoms with E-state index in [4.69, 9.17) is 9.47 Å². The SMILES string of the molecule is C=CCOc1ccc(OC(=O)CCCC)cc1. The molecule has 0 aliphatic rings. The highest BCUT2D eigenvalue weighted by atomic mass is 16.5. The van der Waals surface area contributed by atoms with Crippen LogP contribution >= 0.6 is 0 Å². The minimum atomic E-state index is -0.188. The Morgan fingerprint density at radius 2 is 1.94 bits per heavy atom. The zero-order valence-corrected chi connectivity index (χ0v) is 10.1. The van der Waals surface area contributed by atoms with Crippen molar-refractivity contribution in [2.45, 2.75) is 26.2 Å². The molecule has 0 atom stereocenters. The Labute approximate surface area is 102 Å². The molecule has 1 aromatic rings. The van der Waals surface area contributed by atoms with Crippen LogP contribution in [-0.4, -0.2) is 12.6 Å². The van der Waals surface area contributed by atoms with Crippen LogP contribution in [0, 0.1) is 0 Å². The molecular formula is C14H18O3. The van der Waals surface area contributed by atoms with Crippen molar-refractivity contribution >= 4 is 5.97 Å². The second-order valence-corrected chi connectivity index (χ2v) is 3.65. The van der Waals surface area contributed by atoms with Crippen molar-refractivity contribution in [1.82, 2.24) is 0 Å². The number of hydrogen-bond donors (Lipinski definition) is 0. The third-order valence-electron chi connectivity index (χ3n) is 2.16. The van der Waals surface area contributed by atoms with Gasteiger partial charge in [-0.2, -0.15) is 0 Å². The monoisotopic (exact) mass is 234 g/mol. The maximum atomic E-state index is 11.4. The van der Waals surface area contributed by atoms with Gasteiger partial charge in [0, 0.05) is 6.42 Å². The minimum Gasteiger partial charge on any atom is -0.490 e. The number of carbonyl (C=O) groups excluding carboxylic acids is 1. The summed E-state index contributed by atoms with van der Waals surface area (Å²) in [7, 11) is 0. The lowest BCUT2D eigenvalue weighted by Gasteiger charge is -2.06. The summed E-state index contributed by atoms with van der Waals surface area (Å²) in [5.74, 6) is 1.10. The smallest absolute Gasteiger partial charge is 0.311 e. The van der Waals surface area contributed by atoms with Gasteiger partial charge < -0.3 is 9.47 Å². The second-order valence-electron chi connectivity index (χ2n) is 3.65. The van der Waals surface area contributed by atoms with Crippen LogP contribution in [0.1, 0.15) is 26.2 Å². The van der Waals surface area contributed by atoms with Crippen molar-refractivity contribution in [3.05, 3.63) is 36.9 Å². The molecule has 17 heavy (non-hydrogen) atoms. The van der Waals surface area contributed by atoms with Gasteiger partial charge in [-0.15, -0.1) is 0 Å². The number of carbonyl (C=O) groups is 1. The number of benzene rings is 1. The van der Waals surface area contributed by atoms with Gasteiger partial charge in [-0.05, 0) is 30.7 Å². The van der Waals surface area contributed by atoms with Crippen LogP contribution in [0.15, 0.2) is 36.9 Å². The van der Waals surface area contributed by atoms with Gasteiger partial charge in [0.1, 0.15) is 18.1 Å². The highest BCUT2D eigenvalue weighted by Gasteiger charge is 2.03. The molecule has 1 rings (SSSR count). The molecule has 0 spiro atoms. The molecule has 1 aromatic carbocycles. The first-order valence-electron chi connectivity index (χ1n) is 5.80. The molecule has 0 unspecified atom stereocenters. The van der Waals surface area contributed by atoms with Crippen LogP contribution in [0.4, 0.5) is 0 Å². The van der Waals surface area contributed by atoms with Gasteiger partial charge in [-0.1, -0.05) is 26.0 Å². The Bertz CT molecular complexity index is 354. The van der Waals surface area contributed by atoms with Gasteiger partial charge in [-0.3, -0.25) is 4.79 Å². The summed E-state index contributed by atoms with van der Waals surface area (Å²) in [5, 5.41) is 0. The first kappa shape index (κ1) is 13.3. The van der Waals surface area contributed by atoms with Gasteiger partial charge in [0.25, 0.3) is 0 Å². The fourth-order valence-electron chi connectivity index (χ4n) is 1.26. The van der Waals surface area contributed by atoms with Gasteiger partial charge in [0.05, 0.1) is 0 Å². The van der Waals surface area contributed by atoms with Crippen LogP contribution in [0.3, 0.4) is 0 Å². The van der Waals surface area contributed by atoms with E-state index in [0.717, 1.165) is 18.6 Å². The molecule has 0 amide bonds. The van der Waals surface area contributed by atoms with E-state index in [0.29, 0.717) is 18.8 Å². The van der Waals surface area contributed by atoms with Crippen LogP contribution in [0.5, 0.6) is 11.5 Å². The molecule has 0 aliphatic heterocycles. The molecular weight excluding hydrogens is 216 g/mol. The molecule has 0 saturated carbocycles. The predicted octanol–water partition coefficient (Wildman–Crippen LogP) is 3.35. The Morgan fingerprint density at radius 3 is 2.53 bits per heavy atom. The summed E-state index contributed by atoms with van der Waals surface area (Å²) in [6.45, 7) is 6.08. The summed E-state index contributed by atoms with van der Waals surface area (Å²) in [4.78, 5) is 11.4. The average molecular weight is 234 g/mol. The van der Waals surface area contributed by atoms with Gasteiger partial charge in [0.2, 0.25) is 0 Å². The first-order valence-corrected chi connectivity index (χ1v) is 5.80. The maximum absolute atomic E-state index is 11.4. The highest BCUT2D eigenvalue weighted by molar-refractivity contribution is 5.72. The molecule has 0 bridgehead atoms. The van der Waals surface area contributed by atoms with Crippen molar-refractivity contribution in [3.8, 4) is 11.5 Å². The molecule has 0 heterocycles. The Morgan fingerprint density at radius 1 is 1.29 bits per heavy atom. The van der Waals surface area contributed by atoms with E-state index >= 15 is 0 Å². The molecule has 0 aromatic heterocycles. The second kappa shape index (κ2) is 7.49. The fraction of sp³-hybridized carbons (Fsp3) is 0.357. The number of ether oxygens (including phenoxy) is 2. The predicted molar refractivity (Wildman–Crippen MR) is 67.3 cm³/mol. The minimum absolute atomic E-state index is 0.188. The van der Waals surface area contributed by atoms with Crippen molar-refractivity contribution < 1.29 is 14.3 Å². The topological polar surface area (TPSA) is 35.5 Å². The molecule has 3 nitrogen and oxygen atoms in total. The first-order chi connectivity index (χ1) is 8.26. The quantitative estimate of drug-likeness (QED) is 0.412.